The van der Waals surface area contributed by atoms with E-state index in [-0.39, 0.29) is 45.1 Å². The van der Waals surface area contributed by atoms with Crippen LogP contribution in [0.25, 0.3) is 0 Å². The van der Waals surface area contributed by atoms with E-state index in [0.717, 1.165) is 19.3 Å². The molecule has 0 aliphatic heterocycles. The Labute approximate surface area is 291 Å². The summed E-state index contributed by atoms with van der Waals surface area (Å²) in [6, 6.07) is 8.42. The lowest BCUT2D eigenvalue weighted by Gasteiger charge is -2.41. The molecule has 3 atom stereocenters. The van der Waals surface area contributed by atoms with Gasteiger partial charge in [0.2, 0.25) is 11.8 Å². The molecule has 4 N–H and O–H groups in total. The molecule has 0 saturated heterocycles. The van der Waals surface area contributed by atoms with Crippen molar-refractivity contribution < 1.29 is 38.8 Å². The first-order valence-electron chi connectivity index (χ1n) is 16.7. The molecule has 0 fully saturated rings. The molecule has 2 aromatic carbocycles. The second-order valence-corrected chi connectivity index (χ2v) is 13.2. The second-order valence-electron chi connectivity index (χ2n) is 12.0. The maximum absolute atomic E-state index is 13.9. The van der Waals surface area contributed by atoms with Crippen molar-refractivity contribution in [2.75, 3.05) is 20.3 Å². The highest BCUT2D eigenvalue weighted by atomic mass is 127. The van der Waals surface area contributed by atoms with Gasteiger partial charge in [-0.05, 0) is 70.5 Å². The van der Waals surface area contributed by atoms with Crippen molar-refractivity contribution in [2.24, 2.45) is 0 Å². The van der Waals surface area contributed by atoms with Crippen LogP contribution >= 0.6 is 22.6 Å². The zero-order chi connectivity index (χ0) is 34.2. The van der Waals surface area contributed by atoms with Gasteiger partial charge in [-0.1, -0.05) is 70.4 Å². The fourth-order valence-electron chi connectivity index (χ4n) is 5.80. The minimum atomic E-state index is -1.23. The van der Waals surface area contributed by atoms with Crippen molar-refractivity contribution in [1.82, 2.24) is 10.2 Å². The summed E-state index contributed by atoms with van der Waals surface area (Å²) in [5, 5.41) is 33.5. The van der Waals surface area contributed by atoms with Crippen LogP contribution in [0.5, 0.6) is 11.5 Å². The Kier molecular flexibility index (Phi) is 17.0. The van der Waals surface area contributed by atoms with Gasteiger partial charge in [-0.15, -0.1) is 0 Å². The molecule has 9 nitrogen and oxygen atoms in total. The predicted octanol–water partition coefficient (Wildman–Crippen LogP) is 5.80. The maximum atomic E-state index is 13.9. The number of nitrogens with zero attached hydrogens (tertiary/aromatic N) is 1. The number of ether oxygens (including phenoxy) is 2. The Morgan fingerprint density at radius 3 is 2.28 bits per heavy atom. The molecular weight excluding hydrogens is 718 g/mol. The van der Waals surface area contributed by atoms with Crippen LogP contribution in [-0.2, 0) is 22.7 Å². The van der Waals surface area contributed by atoms with Crippen LogP contribution in [0.4, 0.5) is 4.39 Å². The lowest BCUT2D eigenvalue weighted by Crippen LogP contribution is -2.54. The summed E-state index contributed by atoms with van der Waals surface area (Å²) in [6.45, 7) is 1.91. The molecule has 0 radical (unpaired) electrons. The molecule has 0 aromatic heterocycles. The Bertz CT molecular complexity index is 1310. The number of hydrogen-bond donors (Lipinski definition) is 4. The molecule has 47 heavy (non-hydrogen) atoms. The Balaban J connectivity index is 1.87. The first-order valence-corrected chi connectivity index (χ1v) is 17.8. The van der Waals surface area contributed by atoms with E-state index in [1.54, 1.807) is 35.2 Å². The number of nitrogens with one attached hydrogen (secondary N) is 1. The average Bonchev–Trinajstić information content (AvgIpc) is 3.07. The van der Waals surface area contributed by atoms with Crippen LogP contribution in [0.1, 0.15) is 88.7 Å². The van der Waals surface area contributed by atoms with Crippen LogP contribution < -0.4 is 14.8 Å². The predicted molar refractivity (Wildman–Crippen MR) is 187 cm³/mol. The van der Waals surface area contributed by atoms with E-state index in [1.165, 1.54) is 51.3 Å². The number of halogens is 2. The van der Waals surface area contributed by atoms with Crippen LogP contribution in [0.2, 0.25) is 0 Å². The number of aliphatic hydroxyl groups is 3. The van der Waals surface area contributed by atoms with Gasteiger partial charge < -0.3 is 35.0 Å². The number of carbonyl (C=O) groups excluding carboxylic acids is 2. The normalized spacial score (nSPS) is 17.6. The van der Waals surface area contributed by atoms with E-state index < -0.39 is 30.0 Å². The Morgan fingerprint density at radius 2 is 1.66 bits per heavy atom. The van der Waals surface area contributed by atoms with Gasteiger partial charge in [0.25, 0.3) is 0 Å². The minimum absolute atomic E-state index is 0.0418. The lowest BCUT2D eigenvalue weighted by molar-refractivity contribution is -0.139. The maximum Gasteiger partial charge on any atom is 0.247 e. The number of benzene rings is 2. The molecule has 3 rings (SSSR count). The molecule has 0 spiro atoms. The zero-order valence-electron chi connectivity index (χ0n) is 27.6. The summed E-state index contributed by atoms with van der Waals surface area (Å²) < 4.78 is 26.3. The van der Waals surface area contributed by atoms with E-state index in [9.17, 15) is 29.3 Å². The standard InChI is InChI=1S/C36H50FIN2O7/c1-3-4-5-6-7-8-9-10-11-12-33(43)40(23-25-13-15-28(37)16-14-25)30-21-27(36(45)39-17-18-41)22-31(34(30)44)47-35-29(38)19-26(24-42)20-32(35)46-2/h13-16,19-20,22,30-31,34,41-42,44H,3-12,17-18,21,23-24H2,1-2H3,(H,39,45)/t30-,31+,34+/m1/s1. The third-order valence-corrected chi connectivity index (χ3v) is 9.22. The summed E-state index contributed by atoms with van der Waals surface area (Å²) in [4.78, 5) is 28.7. The number of carbonyl (C=O) groups is 2. The van der Waals surface area contributed by atoms with Crippen molar-refractivity contribution in [3.8, 4) is 11.5 Å². The highest BCUT2D eigenvalue weighted by molar-refractivity contribution is 14.1. The van der Waals surface area contributed by atoms with Crippen LogP contribution in [-0.4, -0.2) is 70.5 Å². The topological polar surface area (TPSA) is 129 Å². The quantitative estimate of drug-likeness (QED) is 0.0992. The second kappa shape index (κ2) is 20.6. The molecule has 1 aliphatic carbocycles. The van der Waals surface area contributed by atoms with Gasteiger partial charge in [-0.3, -0.25) is 9.59 Å². The molecule has 0 saturated carbocycles. The van der Waals surface area contributed by atoms with Crippen molar-refractivity contribution in [3.05, 3.63) is 68.6 Å². The summed E-state index contributed by atoms with van der Waals surface area (Å²) in [5.74, 6) is -0.326. The van der Waals surface area contributed by atoms with Crippen LogP contribution in [0, 0.1) is 9.39 Å². The van der Waals surface area contributed by atoms with Gasteiger partial charge in [0.05, 0.1) is 29.9 Å². The van der Waals surface area contributed by atoms with Gasteiger partial charge in [0.15, 0.2) is 11.5 Å². The molecule has 1 aliphatic rings. The Hall–Kier alpha value is -2.74. The molecule has 2 amide bonds. The van der Waals surface area contributed by atoms with E-state index >= 15 is 0 Å². The average molecular weight is 769 g/mol. The number of unbranched alkanes of at least 4 members (excludes halogenated alkanes) is 8. The monoisotopic (exact) mass is 768 g/mol. The van der Waals surface area contributed by atoms with Crippen LogP contribution in [0.15, 0.2) is 48.0 Å². The summed E-state index contributed by atoms with van der Waals surface area (Å²) in [7, 11) is 1.47. The molecule has 0 bridgehead atoms. The van der Waals surface area contributed by atoms with Crippen LogP contribution in [0.3, 0.4) is 0 Å². The lowest BCUT2D eigenvalue weighted by atomic mass is 9.87. The number of rotatable bonds is 20. The number of methoxy groups -OCH3 is 1. The highest BCUT2D eigenvalue weighted by Crippen LogP contribution is 2.37. The number of amides is 2. The number of aliphatic hydroxyl groups excluding tert-OH is 3. The van der Waals surface area contributed by atoms with Gasteiger partial charge >= 0.3 is 0 Å². The van der Waals surface area contributed by atoms with Crippen molar-refractivity contribution in [3.63, 3.8) is 0 Å². The van der Waals surface area contributed by atoms with E-state index in [0.29, 0.717) is 38.2 Å². The smallest absolute Gasteiger partial charge is 0.247 e. The Morgan fingerprint density at radius 1 is 1.00 bits per heavy atom. The van der Waals surface area contributed by atoms with Crippen molar-refractivity contribution >= 4 is 34.4 Å². The summed E-state index contributed by atoms with van der Waals surface area (Å²) in [6.07, 6.45) is 9.58. The van der Waals surface area contributed by atoms with Gasteiger partial charge in [-0.2, -0.15) is 0 Å². The van der Waals surface area contributed by atoms with Gasteiger partial charge in [0, 0.05) is 31.5 Å². The molecular formula is C36H50FIN2O7. The third-order valence-electron chi connectivity index (χ3n) is 8.42. The zero-order valence-corrected chi connectivity index (χ0v) is 29.7. The van der Waals surface area contributed by atoms with Crippen molar-refractivity contribution in [2.45, 2.75) is 109 Å². The fraction of sp³-hybridized carbons (Fsp3) is 0.556. The largest absolute Gasteiger partial charge is 0.493 e. The van der Waals surface area contributed by atoms with E-state index in [1.807, 2.05) is 0 Å². The summed E-state index contributed by atoms with van der Waals surface area (Å²) >= 11 is 2.06. The van der Waals surface area contributed by atoms with E-state index in [2.05, 4.69) is 34.8 Å². The first-order chi connectivity index (χ1) is 22.7. The van der Waals surface area contributed by atoms with Gasteiger partial charge in [0.1, 0.15) is 18.0 Å². The number of hydrogen-bond acceptors (Lipinski definition) is 7. The molecule has 11 heteroatoms. The fourth-order valence-corrected chi connectivity index (χ4v) is 6.59. The third kappa shape index (κ3) is 12.0. The minimum Gasteiger partial charge on any atom is -0.493 e. The summed E-state index contributed by atoms with van der Waals surface area (Å²) in [5.41, 5.74) is 1.61. The highest BCUT2D eigenvalue weighted by Gasteiger charge is 2.41. The molecule has 260 valence electrons. The van der Waals surface area contributed by atoms with Gasteiger partial charge in [-0.25, -0.2) is 4.39 Å². The SMILES string of the molecule is CCCCCCCCCCCC(=O)N(Cc1ccc(F)cc1)[C@@H]1CC(C(=O)NCCO)=C[C@H](Oc2c(I)cc(CO)cc2OC)[C@H]1O. The molecule has 0 unspecified atom stereocenters. The molecule has 0 heterocycles. The molecule has 2 aromatic rings. The van der Waals surface area contributed by atoms with Crippen molar-refractivity contribution in [1.29, 1.82) is 0 Å². The first kappa shape index (κ1) is 38.7. The van der Waals surface area contributed by atoms with E-state index in [4.69, 9.17) is 9.47 Å².